The van der Waals surface area contributed by atoms with Gasteiger partial charge in [0.2, 0.25) is 5.91 Å². The van der Waals surface area contributed by atoms with Gasteiger partial charge in [0.15, 0.2) is 0 Å². The highest BCUT2D eigenvalue weighted by atomic mass is 16.3. The van der Waals surface area contributed by atoms with Gasteiger partial charge in [-0.15, -0.1) is 0 Å². The number of rotatable bonds is 7. The summed E-state index contributed by atoms with van der Waals surface area (Å²) in [6, 6.07) is 17.4. The topological polar surface area (TPSA) is 55.8 Å². The number of aliphatic hydroxyl groups is 1. The minimum atomic E-state index is -0.0622. The molecule has 1 amide bonds. The van der Waals surface area contributed by atoms with E-state index in [2.05, 4.69) is 5.32 Å². The van der Waals surface area contributed by atoms with Gasteiger partial charge >= 0.3 is 0 Å². The molecule has 5 nitrogen and oxygen atoms in total. The number of likely N-dealkylation sites (N-methyl/N-ethyl adjacent to an activating group) is 2. The Balaban J connectivity index is 1.90. The van der Waals surface area contributed by atoms with E-state index in [1.165, 1.54) is 0 Å². The van der Waals surface area contributed by atoms with E-state index < -0.39 is 0 Å². The molecule has 0 radical (unpaired) electrons. The average Bonchev–Trinajstić information content (AvgIpc) is 2.56. The molecule has 0 aromatic heterocycles. The van der Waals surface area contributed by atoms with Crippen molar-refractivity contribution in [2.24, 2.45) is 0 Å². The van der Waals surface area contributed by atoms with E-state index in [0.717, 1.165) is 17.1 Å². The molecular formula is C18H23N3O2. The molecule has 0 saturated heterocycles. The monoisotopic (exact) mass is 313 g/mol. The molecule has 0 saturated carbocycles. The van der Waals surface area contributed by atoms with E-state index in [9.17, 15) is 4.79 Å². The zero-order chi connectivity index (χ0) is 16.7. The molecule has 0 aliphatic rings. The smallest absolute Gasteiger partial charge is 0.243 e. The first kappa shape index (κ1) is 16.8. The number of para-hydroxylation sites is 1. The number of nitrogens with zero attached hydrogens (tertiary/aromatic N) is 2. The summed E-state index contributed by atoms with van der Waals surface area (Å²) in [5.74, 6) is -0.0622. The number of nitrogens with one attached hydrogen (secondary N) is 1. The first-order chi connectivity index (χ1) is 11.1. The molecule has 0 aliphatic heterocycles. The van der Waals surface area contributed by atoms with Crippen molar-refractivity contribution in [2.45, 2.75) is 0 Å². The van der Waals surface area contributed by atoms with Crippen molar-refractivity contribution in [3.63, 3.8) is 0 Å². The zero-order valence-corrected chi connectivity index (χ0v) is 13.6. The van der Waals surface area contributed by atoms with Crippen LogP contribution in [0.5, 0.6) is 0 Å². The molecule has 2 N–H and O–H groups in total. The highest BCUT2D eigenvalue weighted by molar-refractivity contribution is 5.94. The number of hydrogen-bond donors (Lipinski definition) is 2. The van der Waals surface area contributed by atoms with Gasteiger partial charge in [0.25, 0.3) is 0 Å². The third kappa shape index (κ3) is 5.00. The average molecular weight is 313 g/mol. The van der Waals surface area contributed by atoms with E-state index in [-0.39, 0.29) is 19.1 Å². The maximum atomic E-state index is 12.1. The Labute approximate surface area is 137 Å². The predicted molar refractivity (Wildman–Crippen MR) is 95.1 cm³/mol. The van der Waals surface area contributed by atoms with E-state index in [1.807, 2.05) is 78.5 Å². The van der Waals surface area contributed by atoms with Crippen LogP contribution >= 0.6 is 0 Å². The zero-order valence-electron chi connectivity index (χ0n) is 13.6. The lowest BCUT2D eigenvalue weighted by Crippen LogP contribution is -2.30. The molecule has 2 aromatic rings. The fourth-order valence-electron chi connectivity index (χ4n) is 2.27. The van der Waals surface area contributed by atoms with Crippen LogP contribution in [0.15, 0.2) is 54.6 Å². The quantitative estimate of drug-likeness (QED) is 0.823. The van der Waals surface area contributed by atoms with Crippen LogP contribution in [0, 0.1) is 0 Å². The van der Waals surface area contributed by atoms with Crippen LogP contribution < -0.4 is 15.1 Å². The summed E-state index contributed by atoms with van der Waals surface area (Å²) in [5, 5.41) is 11.8. The lowest BCUT2D eigenvalue weighted by Gasteiger charge is -2.20. The molecule has 0 unspecified atom stereocenters. The van der Waals surface area contributed by atoms with Crippen LogP contribution in [0.3, 0.4) is 0 Å². The molecular weight excluding hydrogens is 290 g/mol. The summed E-state index contributed by atoms with van der Waals surface area (Å²) >= 11 is 0. The van der Waals surface area contributed by atoms with Crippen molar-refractivity contribution in [2.75, 3.05) is 48.9 Å². The van der Waals surface area contributed by atoms with Gasteiger partial charge in [-0.25, -0.2) is 0 Å². The SMILES string of the molecule is CN(CCO)c1ccc(NC(=O)CN(C)c2ccccc2)cc1. The van der Waals surface area contributed by atoms with Crippen molar-refractivity contribution in [3.8, 4) is 0 Å². The Morgan fingerprint density at radius 3 is 2.17 bits per heavy atom. The summed E-state index contributed by atoms with van der Waals surface area (Å²) in [4.78, 5) is 16.0. The Kier molecular flexibility index (Phi) is 6.00. The van der Waals surface area contributed by atoms with Gasteiger partial charge < -0.3 is 20.2 Å². The summed E-state index contributed by atoms with van der Waals surface area (Å²) in [6.07, 6.45) is 0. The van der Waals surface area contributed by atoms with E-state index in [4.69, 9.17) is 5.11 Å². The highest BCUT2D eigenvalue weighted by Crippen LogP contribution is 2.17. The third-order valence-electron chi connectivity index (χ3n) is 3.60. The fraction of sp³-hybridized carbons (Fsp3) is 0.278. The van der Waals surface area contributed by atoms with Gasteiger partial charge in [-0.3, -0.25) is 4.79 Å². The van der Waals surface area contributed by atoms with Crippen molar-refractivity contribution in [1.29, 1.82) is 0 Å². The second kappa shape index (κ2) is 8.19. The molecule has 0 aliphatic carbocycles. The minimum Gasteiger partial charge on any atom is -0.395 e. The first-order valence-electron chi connectivity index (χ1n) is 7.58. The molecule has 122 valence electrons. The Bertz CT molecular complexity index is 614. The molecule has 23 heavy (non-hydrogen) atoms. The lowest BCUT2D eigenvalue weighted by molar-refractivity contribution is -0.114. The Hall–Kier alpha value is -2.53. The Morgan fingerprint density at radius 1 is 0.957 bits per heavy atom. The number of hydrogen-bond acceptors (Lipinski definition) is 4. The standard InChI is InChI=1S/C18H23N3O2/c1-20(12-13-22)17-10-8-15(9-11-17)19-18(23)14-21(2)16-6-4-3-5-7-16/h3-11,22H,12-14H2,1-2H3,(H,19,23). The predicted octanol–water partition coefficient (Wildman–Crippen LogP) is 2.19. The number of amides is 1. The molecule has 2 aromatic carbocycles. The van der Waals surface area contributed by atoms with Crippen LogP contribution in [0.25, 0.3) is 0 Å². The molecule has 0 heterocycles. The van der Waals surface area contributed by atoms with Gasteiger partial charge in [0, 0.05) is 37.7 Å². The summed E-state index contributed by atoms with van der Waals surface area (Å²) in [6.45, 7) is 0.977. The molecule has 0 atom stereocenters. The number of carbonyl (C=O) groups is 1. The van der Waals surface area contributed by atoms with Gasteiger partial charge in [-0.1, -0.05) is 18.2 Å². The van der Waals surface area contributed by atoms with Gasteiger partial charge in [-0.2, -0.15) is 0 Å². The van der Waals surface area contributed by atoms with E-state index >= 15 is 0 Å². The van der Waals surface area contributed by atoms with Crippen molar-refractivity contribution < 1.29 is 9.90 Å². The summed E-state index contributed by atoms with van der Waals surface area (Å²) in [5.41, 5.74) is 2.76. The van der Waals surface area contributed by atoms with Crippen LogP contribution in [-0.2, 0) is 4.79 Å². The fourth-order valence-corrected chi connectivity index (χ4v) is 2.27. The second-order valence-electron chi connectivity index (χ2n) is 5.43. The van der Waals surface area contributed by atoms with Gasteiger partial charge in [0.05, 0.1) is 13.2 Å². The number of anilines is 3. The van der Waals surface area contributed by atoms with Crippen LogP contribution in [0.2, 0.25) is 0 Å². The minimum absolute atomic E-state index is 0.0622. The van der Waals surface area contributed by atoms with Gasteiger partial charge in [0.1, 0.15) is 0 Å². The molecule has 0 bridgehead atoms. The van der Waals surface area contributed by atoms with Crippen molar-refractivity contribution in [3.05, 3.63) is 54.6 Å². The van der Waals surface area contributed by atoms with Crippen molar-refractivity contribution >= 4 is 23.0 Å². The van der Waals surface area contributed by atoms with Crippen LogP contribution in [-0.4, -0.2) is 44.8 Å². The van der Waals surface area contributed by atoms with Crippen LogP contribution in [0.1, 0.15) is 0 Å². The summed E-state index contributed by atoms with van der Waals surface area (Å²) < 4.78 is 0. The number of carbonyl (C=O) groups excluding carboxylic acids is 1. The third-order valence-corrected chi connectivity index (χ3v) is 3.60. The van der Waals surface area contributed by atoms with E-state index in [0.29, 0.717) is 6.54 Å². The molecule has 0 spiro atoms. The summed E-state index contributed by atoms with van der Waals surface area (Å²) in [7, 11) is 3.81. The Morgan fingerprint density at radius 2 is 1.57 bits per heavy atom. The maximum Gasteiger partial charge on any atom is 0.243 e. The lowest BCUT2D eigenvalue weighted by atomic mass is 10.2. The molecule has 2 rings (SSSR count). The van der Waals surface area contributed by atoms with Crippen LogP contribution in [0.4, 0.5) is 17.1 Å². The number of aliphatic hydroxyl groups excluding tert-OH is 1. The normalized spacial score (nSPS) is 10.2. The highest BCUT2D eigenvalue weighted by Gasteiger charge is 2.08. The molecule has 5 heteroatoms. The van der Waals surface area contributed by atoms with Crippen molar-refractivity contribution in [1.82, 2.24) is 0 Å². The maximum absolute atomic E-state index is 12.1. The largest absolute Gasteiger partial charge is 0.395 e. The molecule has 0 fully saturated rings. The van der Waals surface area contributed by atoms with Gasteiger partial charge in [-0.05, 0) is 36.4 Å². The second-order valence-corrected chi connectivity index (χ2v) is 5.43. The van der Waals surface area contributed by atoms with E-state index in [1.54, 1.807) is 0 Å². The number of benzene rings is 2. The first-order valence-corrected chi connectivity index (χ1v) is 7.58.